The first kappa shape index (κ1) is 18.8. The highest BCUT2D eigenvalue weighted by atomic mass is 16.5. The first-order chi connectivity index (χ1) is 13.6. The van der Waals surface area contributed by atoms with Gasteiger partial charge in [0.2, 0.25) is 11.8 Å². The molecule has 0 spiro atoms. The van der Waals surface area contributed by atoms with Crippen molar-refractivity contribution in [3.8, 4) is 0 Å². The molecule has 2 atom stereocenters. The van der Waals surface area contributed by atoms with Gasteiger partial charge in [0.1, 0.15) is 6.04 Å². The van der Waals surface area contributed by atoms with Gasteiger partial charge in [0.25, 0.3) is 0 Å². The van der Waals surface area contributed by atoms with Crippen LogP contribution in [-0.2, 0) is 16.7 Å². The summed E-state index contributed by atoms with van der Waals surface area (Å²) in [5, 5.41) is 8.72. The van der Waals surface area contributed by atoms with Crippen LogP contribution in [0.3, 0.4) is 0 Å². The molecule has 0 bridgehead atoms. The van der Waals surface area contributed by atoms with E-state index in [4.69, 9.17) is 14.9 Å². The third-order valence-electron chi connectivity index (χ3n) is 5.10. The van der Waals surface area contributed by atoms with Gasteiger partial charge in [-0.3, -0.25) is 4.90 Å². The highest BCUT2D eigenvalue weighted by Gasteiger charge is 2.33. The first-order valence-electron chi connectivity index (χ1n) is 9.67. The van der Waals surface area contributed by atoms with Crippen molar-refractivity contribution in [3.05, 3.63) is 83.6 Å². The lowest BCUT2D eigenvalue weighted by molar-refractivity contribution is 0.0187. The van der Waals surface area contributed by atoms with E-state index in [9.17, 15) is 0 Å². The largest absolute Gasteiger partial charge is 0.421 e. The molecule has 1 unspecified atom stereocenters. The van der Waals surface area contributed by atoms with E-state index < -0.39 is 5.54 Å². The Labute approximate surface area is 165 Å². The molecule has 1 aromatic heterocycles. The summed E-state index contributed by atoms with van der Waals surface area (Å²) in [5.41, 5.74) is 8.10. The van der Waals surface area contributed by atoms with Crippen LogP contribution in [0.5, 0.6) is 0 Å². The topological polar surface area (TPSA) is 77.4 Å². The van der Waals surface area contributed by atoms with Gasteiger partial charge in [-0.1, -0.05) is 60.7 Å². The van der Waals surface area contributed by atoms with Crippen LogP contribution in [0.25, 0.3) is 0 Å². The fraction of sp³-hybridized carbons (Fsp3) is 0.364. The standard InChI is InChI=1S/C22H26N4O2/c1-22(23,16-17-8-4-2-5-9-17)21-25-24-20(28-21)19(18-10-6-3-7-11-18)26-12-14-27-15-13-26/h2-11,19H,12-16,23H2,1H3/t19?,22-/m1/s1. The van der Waals surface area contributed by atoms with Gasteiger partial charge < -0.3 is 14.9 Å². The molecule has 28 heavy (non-hydrogen) atoms. The summed E-state index contributed by atoms with van der Waals surface area (Å²) in [5.74, 6) is 1.04. The number of nitrogens with zero attached hydrogens (tertiary/aromatic N) is 3. The monoisotopic (exact) mass is 378 g/mol. The van der Waals surface area contributed by atoms with Crippen LogP contribution in [0.1, 0.15) is 35.9 Å². The van der Waals surface area contributed by atoms with E-state index in [-0.39, 0.29) is 6.04 Å². The molecule has 0 radical (unpaired) electrons. The molecule has 6 heteroatoms. The number of aromatic nitrogens is 2. The highest BCUT2D eigenvalue weighted by molar-refractivity contribution is 5.25. The lowest BCUT2D eigenvalue weighted by Gasteiger charge is -2.32. The van der Waals surface area contributed by atoms with Crippen molar-refractivity contribution in [2.45, 2.75) is 24.9 Å². The van der Waals surface area contributed by atoms with Crippen LogP contribution in [0, 0.1) is 0 Å². The van der Waals surface area contributed by atoms with E-state index in [0.717, 1.165) is 24.2 Å². The maximum Gasteiger partial charge on any atom is 0.238 e. The zero-order valence-electron chi connectivity index (χ0n) is 16.1. The average molecular weight is 378 g/mol. The van der Waals surface area contributed by atoms with Crippen LogP contribution in [-0.4, -0.2) is 41.4 Å². The third kappa shape index (κ3) is 4.14. The van der Waals surface area contributed by atoms with Crippen molar-refractivity contribution in [2.24, 2.45) is 5.73 Å². The minimum Gasteiger partial charge on any atom is -0.421 e. The molecule has 0 saturated carbocycles. The van der Waals surface area contributed by atoms with Gasteiger partial charge in [-0.2, -0.15) is 0 Å². The molecule has 2 aromatic carbocycles. The molecule has 2 heterocycles. The lowest BCUT2D eigenvalue weighted by Crippen LogP contribution is -2.39. The summed E-state index contributed by atoms with van der Waals surface area (Å²) < 4.78 is 11.7. The van der Waals surface area contributed by atoms with Crippen molar-refractivity contribution in [3.63, 3.8) is 0 Å². The smallest absolute Gasteiger partial charge is 0.238 e. The predicted molar refractivity (Wildman–Crippen MR) is 107 cm³/mol. The summed E-state index contributed by atoms with van der Waals surface area (Å²) in [7, 11) is 0. The van der Waals surface area contributed by atoms with Crippen molar-refractivity contribution >= 4 is 0 Å². The minimum atomic E-state index is -0.737. The number of rotatable bonds is 6. The highest BCUT2D eigenvalue weighted by Crippen LogP contribution is 2.30. The zero-order valence-corrected chi connectivity index (χ0v) is 16.1. The van der Waals surface area contributed by atoms with Crippen molar-refractivity contribution < 1.29 is 9.15 Å². The Balaban J connectivity index is 1.62. The van der Waals surface area contributed by atoms with E-state index in [1.165, 1.54) is 0 Å². The number of hydrogen-bond donors (Lipinski definition) is 1. The summed E-state index contributed by atoms with van der Waals surface area (Å²) in [6, 6.07) is 20.3. The van der Waals surface area contributed by atoms with Gasteiger partial charge in [-0.15, -0.1) is 10.2 Å². The second-order valence-corrected chi connectivity index (χ2v) is 7.49. The van der Waals surface area contributed by atoms with Crippen molar-refractivity contribution in [1.29, 1.82) is 0 Å². The van der Waals surface area contributed by atoms with E-state index in [2.05, 4.69) is 39.4 Å². The number of hydrogen-bond acceptors (Lipinski definition) is 6. The van der Waals surface area contributed by atoms with Gasteiger partial charge >= 0.3 is 0 Å². The average Bonchev–Trinajstić information content (AvgIpc) is 3.21. The summed E-state index contributed by atoms with van der Waals surface area (Å²) in [4.78, 5) is 2.32. The molecular formula is C22H26N4O2. The normalized spacial score (nSPS) is 18.5. The molecule has 3 aromatic rings. The zero-order chi connectivity index (χ0) is 19.4. The second-order valence-electron chi connectivity index (χ2n) is 7.49. The molecule has 6 nitrogen and oxygen atoms in total. The lowest BCUT2D eigenvalue weighted by atomic mass is 9.94. The van der Waals surface area contributed by atoms with Crippen LogP contribution >= 0.6 is 0 Å². The molecule has 146 valence electrons. The van der Waals surface area contributed by atoms with E-state index in [1.807, 2.05) is 43.3 Å². The summed E-state index contributed by atoms with van der Waals surface area (Å²) in [6.45, 7) is 4.98. The Hall–Kier alpha value is -2.54. The molecule has 2 N–H and O–H groups in total. The minimum absolute atomic E-state index is 0.0983. The number of benzene rings is 2. The van der Waals surface area contributed by atoms with Crippen LogP contribution in [0.4, 0.5) is 0 Å². The predicted octanol–water partition coefficient (Wildman–Crippen LogP) is 2.91. The second kappa shape index (κ2) is 8.22. The molecule has 1 saturated heterocycles. The number of morpholine rings is 1. The third-order valence-corrected chi connectivity index (χ3v) is 5.10. The number of ether oxygens (including phenoxy) is 1. The molecule has 1 aliphatic rings. The van der Waals surface area contributed by atoms with Crippen LogP contribution in [0.2, 0.25) is 0 Å². The van der Waals surface area contributed by atoms with Gasteiger partial charge in [0, 0.05) is 13.1 Å². The molecule has 1 aliphatic heterocycles. The van der Waals surface area contributed by atoms with Crippen LogP contribution in [0.15, 0.2) is 65.1 Å². The van der Waals surface area contributed by atoms with Gasteiger partial charge in [-0.05, 0) is 24.5 Å². The SMILES string of the molecule is C[C@@](N)(Cc1ccccc1)c1nnc(C(c2ccccc2)N2CCOCC2)o1. The maximum atomic E-state index is 6.57. The fourth-order valence-corrected chi connectivity index (χ4v) is 3.65. The molecule has 0 aliphatic carbocycles. The van der Waals surface area contributed by atoms with Gasteiger partial charge in [0.05, 0.1) is 18.8 Å². The summed E-state index contributed by atoms with van der Waals surface area (Å²) >= 11 is 0. The Morgan fingerprint density at radius 2 is 1.64 bits per heavy atom. The maximum absolute atomic E-state index is 6.57. The molecular weight excluding hydrogens is 352 g/mol. The molecule has 4 rings (SSSR count). The van der Waals surface area contributed by atoms with E-state index in [0.29, 0.717) is 31.4 Å². The fourth-order valence-electron chi connectivity index (χ4n) is 3.65. The van der Waals surface area contributed by atoms with Crippen molar-refractivity contribution in [2.75, 3.05) is 26.3 Å². The summed E-state index contributed by atoms with van der Waals surface area (Å²) in [6.07, 6.45) is 0.628. The van der Waals surface area contributed by atoms with E-state index >= 15 is 0 Å². The van der Waals surface area contributed by atoms with Gasteiger partial charge in [-0.25, -0.2) is 0 Å². The van der Waals surface area contributed by atoms with Crippen LogP contribution < -0.4 is 5.73 Å². The molecule has 1 fully saturated rings. The Morgan fingerprint density at radius 1 is 1.00 bits per heavy atom. The van der Waals surface area contributed by atoms with Gasteiger partial charge in [0.15, 0.2) is 0 Å². The Bertz CT molecular complexity index is 874. The van der Waals surface area contributed by atoms with E-state index in [1.54, 1.807) is 0 Å². The van der Waals surface area contributed by atoms with Crippen molar-refractivity contribution in [1.82, 2.24) is 15.1 Å². The number of nitrogens with two attached hydrogens (primary N) is 1. The first-order valence-corrected chi connectivity index (χ1v) is 9.67. The Morgan fingerprint density at radius 3 is 2.32 bits per heavy atom. The Kier molecular flexibility index (Phi) is 5.52. The quantitative estimate of drug-likeness (QED) is 0.711. The molecule has 0 amide bonds.